The number of carboxylic acid groups (broad SMARTS) is 1. The van der Waals surface area contributed by atoms with E-state index in [4.69, 9.17) is 9.52 Å². The predicted octanol–water partition coefficient (Wildman–Crippen LogP) is 1.85. The zero-order chi connectivity index (χ0) is 12.6. The number of carbonyl (C=O) groups excluding carboxylic acids is 1. The molecule has 2 rings (SSSR count). The molecule has 1 aromatic heterocycles. The van der Waals surface area contributed by atoms with Gasteiger partial charge in [-0.25, -0.2) is 4.79 Å². The molecule has 1 aliphatic rings. The fourth-order valence-electron chi connectivity index (χ4n) is 2.29. The molecule has 1 N–H and O–H groups in total. The Hall–Kier alpha value is -1.78. The number of furan rings is 1. The molecule has 0 spiro atoms. The van der Waals surface area contributed by atoms with E-state index >= 15 is 0 Å². The van der Waals surface area contributed by atoms with Crippen LogP contribution in [0.3, 0.4) is 0 Å². The highest BCUT2D eigenvalue weighted by molar-refractivity contribution is 5.93. The lowest BCUT2D eigenvalue weighted by atomic mass is 10.1. The molecule has 0 aliphatic carbocycles. The maximum absolute atomic E-state index is 12.1. The van der Waals surface area contributed by atoms with Crippen molar-refractivity contribution in [3.05, 3.63) is 23.7 Å². The first kappa shape index (κ1) is 11.7. The van der Waals surface area contributed by atoms with E-state index in [-0.39, 0.29) is 23.5 Å². The van der Waals surface area contributed by atoms with Crippen molar-refractivity contribution in [2.75, 3.05) is 6.54 Å². The van der Waals surface area contributed by atoms with Crippen molar-refractivity contribution < 1.29 is 19.1 Å². The van der Waals surface area contributed by atoms with Gasteiger partial charge in [0, 0.05) is 12.6 Å². The summed E-state index contributed by atoms with van der Waals surface area (Å²) in [5.74, 6) is -1.01. The van der Waals surface area contributed by atoms with Crippen molar-refractivity contribution >= 4 is 11.9 Å². The van der Waals surface area contributed by atoms with Gasteiger partial charge in [0.05, 0.1) is 0 Å². The number of nitrogens with zero attached hydrogens (tertiary/aromatic N) is 1. The van der Waals surface area contributed by atoms with Crippen LogP contribution in [0.25, 0.3) is 0 Å². The highest BCUT2D eigenvalue weighted by Crippen LogP contribution is 2.24. The molecule has 1 saturated heterocycles. The zero-order valence-electron chi connectivity index (χ0n) is 9.84. The molecule has 0 radical (unpaired) electrons. The third-order valence-corrected chi connectivity index (χ3v) is 3.07. The molecule has 0 saturated carbocycles. The topological polar surface area (TPSA) is 70.8 Å². The van der Waals surface area contributed by atoms with E-state index in [1.807, 2.05) is 6.92 Å². The van der Waals surface area contributed by atoms with Crippen molar-refractivity contribution in [3.8, 4) is 0 Å². The van der Waals surface area contributed by atoms with Crippen LogP contribution in [0.5, 0.6) is 0 Å². The standard InChI is InChI=1S/C12H15NO4/c1-7-5-8(2)13(6-7)11(14)9-3-4-10(17-9)12(15)16/h3-4,7-8H,5-6H2,1-2H3,(H,15,16). The Morgan fingerprint density at radius 2 is 2.00 bits per heavy atom. The number of hydrogen-bond acceptors (Lipinski definition) is 3. The Kier molecular flexibility index (Phi) is 2.92. The van der Waals surface area contributed by atoms with Crippen molar-refractivity contribution in [1.82, 2.24) is 4.90 Å². The SMILES string of the molecule is CC1CC(C)N(C(=O)c2ccc(C(=O)O)o2)C1. The summed E-state index contributed by atoms with van der Waals surface area (Å²) < 4.78 is 5.01. The molecule has 1 aliphatic heterocycles. The van der Waals surface area contributed by atoms with E-state index in [1.54, 1.807) is 4.90 Å². The van der Waals surface area contributed by atoms with Crippen LogP contribution in [0.15, 0.2) is 16.5 Å². The highest BCUT2D eigenvalue weighted by Gasteiger charge is 2.32. The maximum Gasteiger partial charge on any atom is 0.371 e. The molecule has 2 heterocycles. The van der Waals surface area contributed by atoms with Crippen molar-refractivity contribution in [1.29, 1.82) is 0 Å². The van der Waals surface area contributed by atoms with Gasteiger partial charge < -0.3 is 14.4 Å². The van der Waals surface area contributed by atoms with Crippen LogP contribution in [0.2, 0.25) is 0 Å². The van der Waals surface area contributed by atoms with E-state index in [1.165, 1.54) is 12.1 Å². The molecular formula is C12H15NO4. The Balaban J connectivity index is 2.16. The van der Waals surface area contributed by atoms with Gasteiger partial charge in [-0.3, -0.25) is 4.79 Å². The zero-order valence-corrected chi connectivity index (χ0v) is 9.84. The van der Waals surface area contributed by atoms with E-state index in [9.17, 15) is 9.59 Å². The minimum Gasteiger partial charge on any atom is -0.475 e. The number of carbonyl (C=O) groups is 2. The fraction of sp³-hybridized carbons (Fsp3) is 0.500. The first-order chi connectivity index (χ1) is 7.99. The molecule has 1 aromatic rings. The van der Waals surface area contributed by atoms with Crippen LogP contribution in [-0.4, -0.2) is 34.5 Å². The Labute approximate surface area is 99.0 Å². The van der Waals surface area contributed by atoms with Gasteiger partial charge in [-0.2, -0.15) is 0 Å². The molecule has 0 aromatic carbocycles. The summed E-state index contributed by atoms with van der Waals surface area (Å²) in [5, 5.41) is 8.72. The molecule has 1 fully saturated rings. The van der Waals surface area contributed by atoms with Crippen LogP contribution in [0.1, 0.15) is 41.4 Å². The minimum atomic E-state index is -1.16. The smallest absolute Gasteiger partial charge is 0.371 e. The van der Waals surface area contributed by atoms with Crippen LogP contribution in [-0.2, 0) is 0 Å². The number of amides is 1. The average Bonchev–Trinajstić information content (AvgIpc) is 2.84. The van der Waals surface area contributed by atoms with E-state index in [0.717, 1.165) is 6.42 Å². The van der Waals surface area contributed by atoms with Gasteiger partial charge in [-0.15, -0.1) is 0 Å². The van der Waals surface area contributed by atoms with Gasteiger partial charge in [0.1, 0.15) is 0 Å². The second kappa shape index (κ2) is 4.24. The number of aromatic carboxylic acids is 1. The van der Waals surface area contributed by atoms with Gasteiger partial charge in [-0.1, -0.05) is 6.92 Å². The quantitative estimate of drug-likeness (QED) is 0.852. The third-order valence-electron chi connectivity index (χ3n) is 3.07. The second-order valence-electron chi connectivity index (χ2n) is 4.62. The average molecular weight is 237 g/mol. The molecule has 5 heteroatoms. The van der Waals surface area contributed by atoms with Crippen molar-refractivity contribution in [2.45, 2.75) is 26.3 Å². The van der Waals surface area contributed by atoms with E-state index in [2.05, 4.69) is 6.92 Å². The van der Waals surface area contributed by atoms with Gasteiger partial charge in [-0.05, 0) is 31.4 Å². The molecule has 17 heavy (non-hydrogen) atoms. The van der Waals surface area contributed by atoms with Gasteiger partial charge in [0.15, 0.2) is 5.76 Å². The third kappa shape index (κ3) is 2.18. The summed E-state index contributed by atoms with van der Waals surface area (Å²) in [6.07, 6.45) is 0.970. The number of rotatable bonds is 2. The summed E-state index contributed by atoms with van der Waals surface area (Å²) in [4.78, 5) is 24.5. The summed E-state index contributed by atoms with van der Waals surface area (Å²) in [7, 11) is 0. The van der Waals surface area contributed by atoms with Crippen LogP contribution in [0, 0.1) is 5.92 Å². The Morgan fingerprint density at radius 3 is 2.47 bits per heavy atom. The summed E-state index contributed by atoms with van der Waals surface area (Å²) in [5.41, 5.74) is 0. The first-order valence-corrected chi connectivity index (χ1v) is 5.63. The van der Waals surface area contributed by atoms with Crippen LogP contribution < -0.4 is 0 Å². The Morgan fingerprint density at radius 1 is 1.35 bits per heavy atom. The monoisotopic (exact) mass is 237 g/mol. The lowest BCUT2D eigenvalue weighted by molar-refractivity contribution is 0.0647. The van der Waals surface area contributed by atoms with Crippen molar-refractivity contribution in [3.63, 3.8) is 0 Å². The molecule has 2 unspecified atom stereocenters. The molecule has 2 atom stereocenters. The lowest BCUT2D eigenvalue weighted by Crippen LogP contribution is -2.33. The number of hydrogen-bond donors (Lipinski definition) is 1. The number of carboxylic acids is 1. The molecule has 1 amide bonds. The van der Waals surface area contributed by atoms with Gasteiger partial charge in [0.2, 0.25) is 5.76 Å². The summed E-state index contributed by atoms with van der Waals surface area (Å²) in [6, 6.07) is 2.90. The van der Waals surface area contributed by atoms with Gasteiger partial charge >= 0.3 is 5.97 Å². The molecular weight excluding hydrogens is 222 g/mol. The Bertz CT molecular complexity index is 451. The predicted molar refractivity (Wildman–Crippen MR) is 59.9 cm³/mol. The van der Waals surface area contributed by atoms with Crippen LogP contribution >= 0.6 is 0 Å². The summed E-state index contributed by atoms with van der Waals surface area (Å²) >= 11 is 0. The fourth-order valence-corrected chi connectivity index (χ4v) is 2.29. The van der Waals surface area contributed by atoms with Crippen LogP contribution in [0.4, 0.5) is 0 Å². The normalized spacial score (nSPS) is 24.0. The number of likely N-dealkylation sites (tertiary alicyclic amines) is 1. The van der Waals surface area contributed by atoms with E-state index in [0.29, 0.717) is 12.5 Å². The maximum atomic E-state index is 12.1. The first-order valence-electron chi connectivity index (χ1n) is 5.63. The molecule has 5 nitrogen and oxygen atoms in total. The van der Waals surface area contributed by atoms with E-state index < -0.39 is 5.97 Å². The second-order valence-corrected chi connectivity index (χ2v) is 4.62. The molecule has 0 bridgehead atoms. The van der Waals surface area contributed by atoms with Crippen molar-refractivity contribution in [2.24, 2.45) is 5.92 Å². The van der Waals surface area contributed by atoms with Gasteiger partial charge in [0.25, 0.3) is 5.91 Å². The highest BCUT2D eigenvalue weighted by atomic mass is 16.4. The molecule has 92 valence electrons. The largest absolute Gasteiger partial charge is 0.475 e. The lowest BCUT2D eigenvalue weighted by Gasteiger charge is -2.19. The summed E-state index contributed by atoms with van der Waals surface area (Å²) in [6.45, 7) is 4.78. The minimum absolute atomic E-state index is 0.100.